The molecule has 0 aliphatic carbocycles. The molecule has 160 valence electrons. The Morgan fingerprint density at radius 2 is 1.87 bits per heavy atom. The second-order valence-electron chi connectivity index (χ2n) is 9.97. The van der Waals surface area contributed by atoms with E-state index in [0.29, 0.717) is 27.8 Å². The third-order valence-electron chi connectivity index (χ3n) is 6.51. The molecule has 7 nitrogen and oxygen atoms in total. The fourth-order valence-electron chi connectivity index (χ4n) is 3.73. The van der Waals surface area contributed by atoms with E-state index < -0.39 is 13.6 Å². The number of aliphatic hydroxyl groups is 1. The van der Waals surface area contributed by atoms with Crippen LogP contribution in [0.2, 0.25) is 24.2 Å². The minimum Gasteiger partial charge on any atom is -0.397 e. The summed E-state index contributed by atoms with van der Waals surface area (Å²) in [6.45, 7) is 13.4. The van der Waals surface area contributed by atoms with Gasteiger partial charge in [0.1, 0.15) is 12.0 Å². The van der Waals surface area contributed by atoms with Crippen molar-refractivity contribution in [2.75, 3.05) is 12.3 Å². The lowest BCUT2D eigenvalue weighted by Gasteiger charge is -2.44. The summed E-state index contributed by atoms with van der Waals surface area (Å²) in [5.74, 6) is -0.194. The molecule has 0 aromatic carbocycles. The van der Waals surface area contributed by atoms with Crippen molar-refractivity contribution < 1.29 is 9.90 Å². The largest absolute Gasteiger partial charge is 0.397 e. The van der Waals surface area contributed by atoms with E-state index in [2.05, 4.69) is 48.8 Å². The van der Waals surface area contributed by atoms with E-state index in [9.17, 15) is 9.90 Å². The Labute approximate surface area is 178 Å². The highest BCUT2D eigenvalue weighted by molar-refractivity contribution is 6.80. The number of ketones is 1. The van der Waals surface area contributed by atoms with Crippen molar-refractivity contribution >= 4 is 30.6 Å². The van der Waals surface area contributed by atoms with Crippen LogP contribution in [0, 0.1) is 0 Å². The lowest BCUT2D eigenvalue weighted by atomic mass is 10.1. The number of carbonyl (C=O) groups is 1. The molecular weight excluding hydrogens is 394 g/mol. The minimum absolute atomic E-state index is 0.0548. The molecule has 0 radical (unpaired) electrons. The molecule has 1 unspecified atom stereocenters. The SMILES string of the molecule is CC(CO)(C[Si](C)(C)C(C)(C)C)n1cc(C(=O)c2cncc(N)c2)c2cncnc21. The summed E-state index contributed by atoms with van der Waals surface area (Å²) in [5.41, 5.74) is 7.18. The van der Waals surface area contributed by atoms with Crippen molar-refractivity contribution in [2.45, 2.75) is 57.4 Å². The van der Waals surface area contributed by atoms with Gasteiger partial charge < -0.3 is 15.4 Å². The van der Waals surface area contributed by atoms with Crippen molar-refractivity contribution in [3.63, 3.8) is 0 Å². The third kappa shape index (κ3) is 3.89. The van der Waals surface area contributed by atoms with Gasteiger partial charge in [0.15, 0.2) is 5.78 Å². The fraction of sp³-hybridized carbons (Fsp3) is 0.455. The molecule has 3 aromatic rings. The Morgan fingerprint density at radius 1 is 1.17 bits per heavy atom. The summed E-state index contributed by atoms with van der Waals surface area (Å²) >= 11 is 0. The van der Waals surface area contributed by atoms with Crippen LogP contribution in [0.5, 0.6) is 0 Å². The van der Waals surface area contributed by atoms with Gasteiger partial charge in [0.05, 0.1) is 31.5 Å². The minimum atomic E-state index is -1.76. The molecule has 0 spiro atoms. The number of hydrogen-bond acceptors (Lipinski definition) is 6. The molecule has 0 fully saturated rings. The number of nitrogen functional groups attached to an aromatic ring is 1. The number of nitrogens with two attached hydrogens (primary N) is 1. The average molecular weight is 426 g/mol. The topological polar surface area (TPSA) is 107 Å². The molecule has 3 N–H and O–H groups in total. The number of fused-ring (bicyclic) bond motifs is 1. The van der Waals surface area contributed by atoms with Crippen molar-refractivity contribution in [1.29, 1.82) is 0 Å². The number of carbonyl (C=O) groups excluding carboxylic acids is 1. The number of rotatable bonds is 6. The Kier molecular flexibility index (Phi) is 5.59. The highest BCUT2D eigenvalue weighted by atomic mass is 28.3. The molecule has 3 aromatic heterocycles. The summed E-state index contributed by atoms with van der Waals surface area (Å²) < 4.78 is 1.96. The monoisotopic (exact) mass is 425 g/mol. The first kappa shape index (κ1) is 22.1. The van der Waals surface area contributed by atoms with Gasteiger partial charge in [-0.3, -0.25) is 9.78 Å². The van der Waals surface area contributed by atoms with Gasteiger partial charge in [0.25, 0.3) is 0 Å². The van der Waals surface area contributed by atoms with Gasteiger partial charge in [-0.25, -0.2) is 9.97 Å². The van der Waals surface area contributed by atoms with Crippen molar-refractivity contribution in [1.82, 2.24) is 19.5 Å². The molecule has 0 amide bonds. The zero-order valence-corrected chi connectivity index (χ0v) is 19.6. The van der Waals surface area contributed by atoms with Crippen LogP contribution in [0.1, 0.15) is 43.6 Å². The first-order valence-corrected chi connectivity index (χ1v) is 13.3. The Balaban J connectivity index is 2.16. The van der Waals surface area contributed by atoms with Crippen LogP contribution in [0.25, 0.3) is 11.0 Å². The molecular formula is C22H31N5O2Si. The maximum atomic E-state index is 13.3. The molecule has 0 saturated carbocycles. The van der Waals surface area contributed by atoms with Crippen molar-refractivity contribution in [3.05, 3.63) is 48.3 Å². The van der Waals surface area contributed by atoms with Crippen molar-refractivity contribution in [2.24, 2.45) is 0 Å². The van der Waals surface area contributed by atoms with Crippen LogP contribution < -0.4 is 5.73 Å². The number of hydrogen-bond donors (Lipinski definition) is 2. The molecule has 0 saturated heterocycles. The van der Waals surface area contributed by atoms with E-state index in [1.807, 2.05) is 11.5 Å². The smallest absolute Gasteiger partial charge is 0.196 e. The van der Waals surface area contributed by atoms with Crippen molar-refractivity contribution in [3.8, 4) is 0 Å². The van der Waals surface area contributed by atoms with Gasteiger partial charge in [-0.1, -0.05) is 33.9 Å². The Bertz CT molecular complexity index is 1090. The molecule has 1 atom stereocenters. The second-order valence-corrected chi connectivity index (χ2v) is 15.6. The van der Waals surface area contributed by atoms with E-state index in [0.717, 1.165) is 6.04 Å². The van der Waals surface area contributed by atoms with Gasteiger partial charge in [-0.05, 0) is 24.1 Å². The predicted octanol–water partition coefficient (Wildman–Crippen LogP) is 3.86. The number of aromatic nitrogens is 4. The maximum Gasteiger partial charge on any atom is 0.196 e. The summed E-state index contributed by atoms with van der Waals surface area (Å²) in [4.78, 5) is 25.9. The molecule has 0 aliphatic heterocycles. The summed E-state index contributed by atoms with van der Waals surface area (Å²) in [7, 11) is -1.76. The standard InChI is InChI=1S/C22H31N5O2Si/c1-21(2,3)30(5,6)13-22(4,12-28)27-11-18(17-10-25-14-26-20(17)27)19(29)15-7-16(23)9-24-8-15/h7-11,14,28H,12-13,23H2,1-6H3. The fourth-order valence-corrected chi connectivity index (χ4v) is 6.45. The number of nitrogens with zero attached hydrogens (tertiary/aromatic N) is 4. The van der Waals surface area contributed by atoms with Crippen LogP contribution in [0.4, 0.5) is 5.69 Å². The van der Waals surface area contributed by atoms with Gasteiger partial charge in [0, 0.05) is 35.7 Å². The van der Waals surface area contributed by atoms with Gasteiger partial charge >= 0.3 is 0 Å². The van der Waals surface area contributed by atoms with E-state index >= 15 is 0 Å². The Hall–Kier alpha value is -2.58. The van der Waals surface area contributed by atoms with Crippen LogP contribution >= 0.6 is 0 Å². The quantitative estimate of drug-likeness (QED) is 0.459. The molecule has 3 rings (SSSR count). The predicted molar refractivity (Wildman–Crippen MR) is 122 cm³/mol. The average Bonchev–Trinajstić information content (AvgIpc) is 3.06. The normalized spacial score (nSPS) is 14.6. The van der Waals surface area contributed by atoms with Crippen LogP contribution in [0.3, 0.4) is 0 Å². The van der Waals surface area contributed by atoms with E-state index in [-0.39, 0.29) is 17.4 Å². The highest BCUT2D eigenvalue weighted by Crippen LogP contribution is 2.44. The second kappa shape index (κ2) is 7.59. The van der Waals surface area contributed by atoms with Gasteiger partial charge in [-0.15, -0.1) is 0 Å². The highest BCUT2D eigenvalue weighted by Gasteiger charge is 2.43. The van der Waals surface area contributed by atoms with Gasteiger partial charge in [0.2, 0.25) is 0 Å². The molecule has 3 heterocycles. The first-order chi connectivity index (χ1) is 13.9. The lowest BCUT2D eigenvalue weighted by Crippen LogP contribution is -2.47. The van der Waals surface area contributed by atoms with E-state index in [4.69, 9.17) is 5.73 Å². The molecule has 8 heteroatoms. The maximum absolute atomic E-state index is 13.3. The molecule has 0 bridgehead atoms. The Morgan fingerprint density at radius 3 is 2.47 bits per heavy atom. The van der Waals surface area contributed by atoms with Gasteiger partial charge in [-0.2, -0.15) is 0 Å². The third-order valence-corrected chi connectivity index (χ3v) is 12.2. The number of pyridine rings is 1. The van der Waals surface area contributed by atoms with E-state index in [1.54, 1.807) is 18.5 Å². The number of aliphatic hydroxyl groups excluding tert-OH is 1. The zero-order valence-electron chi connectivity index (χ0n) is 18.6. The summed E-state index contributed by atoms with van der Waals surface area (Å²) in [6, 6.07) is 2.45. The summed E-state index contributed by atoms with van der Waals surface area (Å²) in [5, 5.41) is 11.3. The van der Waals surface area contributed by atoms with Crippen LogP contribution in [0.15, 0.2) is 37.2 Å². The van der Waals surface area contributed by atoms with E-state index in [1.165, 1.54) is 18.7 Å². The molecule has 30 heavy (non-hydrogen) atoms. The lowest BCUT2D eigenvalue weighted by molar-refractivity contribution is 0.103. The zero-order chi connectivity index (χ0) is 22.3. The van der Waals surface area contributed by atoms with Crippen LogP contribution in [-0.2, 0) is 5.54 Å². The number of anilines is 1. The first-order valence-electron chi connectivity index (χ1n) is 10.1. The molecule has 0 aliphatic rings. The van der Waals surface area contributed by atoms with Crippen LogP contribution in [-0.4, -0.2) is 45.1 Å². The summed E-state index contributed by atoms with van der Waals surface area (Å²) in [6.07, 6.45) is 7.93.